The fraction of sp³-hybridized carbons (Fsp3) is 1.00. The second-order valence-corrected chi connectivity index (χ2v) is 37.2. The topological polar surface area (TPSA) is 27.7 Å². The van der Waals surface area contributed by atoms with Gasteiger partial charge in [-0.15, -0.1) is 0 Å². The third-order valence-electron chi connectivity index (χ3n) is 26.2. The first kappa shape index (κ1) is 106. The molecule has 0 heterocycles. The molecule has 0 atom stereocenters. The molecule has 0 bridgehead atoms. The van der Waals surface area contributed by atoms with E-state index in [2.05, 4.69) is 83.1 Å². The van der Waals surface area contributed by atoms with Crippen molar-refractivity contribution in [3.05, 3.63) is 0 Å². The lowest BCUT2D eigenvalue weighted by molar-refractivity contribution is -0.111. The van der Waals surface area contributed by atoms with Gasteiger partial charge in [0.25, 0.3) is 0 Å². The minimum Gasteiger partial charge on any atom is -0.305 e. The highest BCUT2D eigenvalue weighted by Crippen LogP contribution is 2.61. The summed E-state index contributed by atoms with van der Waals surface area (Å²) in [5.41, 5.74) is -0.767. The van der Waals surface area contributed by atoms with Crippen LogP contribution in [0, 0.1) is 17.8 Å². The maximum absolute atomic E-state index is 9.30. The summed E-state index contributed by atoms with van der Waals surface area (Å²) in [6.07, 6.45) is 113. The summed E-state index contributed by atoms with van der Waals surface area (Å²) in [5.74, 6) is 1.61. The molecule has 0 radical (unpaired) electrons. The maximum Gasteiger partial charge on any atom is 0.334 e. The zero-order chi connectivity index (χ0) is 77.3. The van der Waals surface area contributed by atoms with Gasteiger partial charge >= 0.3 is 8.60 Å². The van der Waals surface area contributed by atoms with Crippen molar-refractivity contribution in [3.8, 4) is 0 Å². The summed E-state index contributed by atoms with van der Waals surface area (Å²) in [4.78, 5) is 0. The average molecular weight is 1510 g/mol. The molecule has 0 saturated carbocycles. The van der Waals surface area contributed by atoms with Gasteiger partial charge in [-0.2, -0.15) is 0 Å². The van der Waals surface area contributed by atoms with E-state index in [4.69, 9.17) is 0 Å². The third kappa shape index (κ3) is 60.8. The van der Waals surface area contributed by atoms with E-state index in [1.165, 1.54) is 539 Å². The van der Waals surface area contributed by atoms with Gasteiger partial charge in [0.2, 0.25) is 0 Å². The molecule has 106 heavy (non-hydrogen) atoms. The van der Waals surface area contributed by atoms with Crippen molar-refractivity contribution in [2.24, 2.45) is 17.8 Å². The summed E-state index contributed by atoms with van der Waals surface area (Å²) < 4.78 is 27.9. The van der Waals surface area contributed by atoms with Crippen molar-refractivity contribution in [1.29, 1.82) is 0 Å². The van der Waals surface area contributed by atoms with Crippen LogP contribution in [-0.2, 0) is 13.6 Å². The predicted octanol–water partition coefficient (Wildman–Crippen LogP) is 39.3. The van der Waals surface area contributed by atoms with Gasteiger partial charge in [0.05, 0.1) is 16.8 Å². The van der Waals surface area contributed by atoms with Gasteiger partial charge in [-0.05, 0) is 94.8 Å². The molecule has 0 rings (SSSR count). The quantitative estimate of drug-likeness (QED) is 0.0449. The Labute approximate surface area is 675 Å². The van der Waals surface area contributed by atoms with Crippen LogP contribution in [0.1, 0.15) is 622 Å². The molecule has 4 heteroatoms. The number of hydrogen-bond donors (Lipinski definition) is 0. The smallest absolute Gasteiger partial charge is 0.305 e. The van der Waals surface area contributed by atoms with Gasteiger partial charge in [-0.1, -0.05) is 545 Å². The number of rotatable bonds is 93. The molecule has 0 aromatic heterocycles. The molecule has 0 aliphatic rings. The van der Waals surface area contributed by atoms with E-state index < -0.39 is 8.60 Å². The normalized spacial score (nSPS) is 12.6. The highest BCUT2D eigenvalue weighted by Gasteiger charge is 2.51. The van der Waals surface area contributed by atoms with Gasteiger partial charge in [0, 0.05) is 0 Å². The van der Waals surface area contributed by atoms with Crippen molar-refractivity contribution in [1.82, 2.24) is 0 Å². The highest BCUT2D eigenvalue weighted by atomic mass is 31.2. The van der Waals surface area contributed by atoms with Crippen LogP contribution in [0.2, 0.25) is 0 Å². The van der Waals surface area contributed by atoms with Crippen LogP contribution >= 0.6 is 8.60 Å². The third-order valence-corrected chi connectivity index (χ3v) is 27.7. The van der Waals surface area contributed by atoms with Crippen LogP contribution in [0.5, 0.6) is 0 Å². The van der Waals surface area contributed by atoms with Crippen molar-refractivity contribution in [2.75, 3.05) is 0 Å². The zero-order valence-electron chi connectivity index (χ0n) is 76.3. The van der Waals surface area contributed by atoms with Crippen LogP contribution in [0.25, 0.3) is 0 Å². The highest BCUT2D eigenvalue weighted by molar-refractivity contribution is 7.41. The summed E-state index contributed by atoms with van der Waals surface area (Å²) in [7, 11) is -1.76. The molecule has 0 aromatic carbocycles. The van der Waals surface area contributed by atoms with Crippen LogP contribution in [0.3, 0.4) is 0 Å². The van der Waals surface area contributed by atoms with Crippen LogP contribution < -0.4 is 0 Å². The minimum atomic E-state index is -1.76. The lowest BCUT2D eigenvalue weighted by atomic mass is 9.74. The number of unbranched alkanes of at least 4 members (excludes halogenated alkanes) is 60. The zero-order valence-corrected chi connectivity index (χ0v) is 77.2. The first-order chi connectivity index (χ1) is 52.2. The van der Waals surface area contributed by atoms with Gasteiger partial charge in [0.15, 0.2) is 0 Å². The van der Waals surface area contributed by atoms with E-state index in [1.807, 2.05) is 0 Å². The fourth-order valence-electron chi connectivity index (χ4n) is 18.9. The maximum atomic E-state index is 9.30. The molecule has 0 fully saturated rings. The average Bonchev–Trinajstić information content (AvgIpc) is 0.776. The molecule has 0 N–H and O–H groups in total. The van der Waals surface area contributed by atoms with E-state index in [-0.39, 0.29) is 16.8 Å². The minimum absolute atomic E-state index is 0.256. The van der Waals surface area contributed by atoms with E-state index in [0.717, 1.165) is 0 Å². The fourth-order valence-corrected chi connectivity index (χ4v) is 20.9. The van der Waals surface area contributed by atoms with E-state index in [1.54, 1.807) is 0 Å². The molecular formula is C102H207O3P. The van der Waals surface area contributed by atoms with E-state index in [0.29, 0.717) is 17.8 Å². The monoisotopic (exact) mass is 1510 g/mol. The molecule has 0 aromatic rings. The second-order valence-electron chi connectivity index (χ2n) is 36.2. The Morgan fingerprint density at radius 1 is 0.142 bits per heavy atom. The molecule has 0 unspecified atom stereocenters. The Morgan fingerprint density at radius 3 is 0.368 bits per heavy atom. The molecular weight excluding hydrogens is 1300 g/mol. The Hall–Kier alpha value is 0.310. The summed E-state index contributed by atoms with van der Waals surface area (Å²) in [6.45, 7) is 29.0. The molecule has 0 spiro atoms. The van der Waals surface area contributed by atoms with E-state index in [9.17, 15) is 13.6 Å². The lowest BCUT2D eigenvalue weighted by Gasteiger charge is -2.50. The SMILES string of the molecule is CCCCCCCCC(CCCCCCCC)C(CCCCCCCC)(CCCCCCCC)OP(OC(CCCCCCCC)(CCCCCCCC)C(CCCCCCCC)CCCCCCCC)OC(CCCCCCCC)(CCCCCCCC)C(CCCCCCCC)CCCCCCCC. The van der Waals surface area contributed by atoms with Gasteiger partial charge in [-0.25, -0.2) is 0 Å². The molecule has 0 amide bonds. The second kappa shape index (κ2) is 83.3. The van der Waals surface area contributed by atoms with Crippen molar-refractivity contribution in [3.63, 3.8) is 0 Å². The van der Waals surface area contributed by atoms with Gasteiger partial charge < -0.3 is 13.6 Å². The predicted molar refractivity (Wildman–Crippen MR) is 485 cm³/mol. The van der Waals surface area contributed by atoms with Crippen LogP contribution in [0.15, 0.2) is 0 Å². The standard InChI is InChI=1S/C102H207O3P/c1-13-25-37-49-61-73-85-97(86-74-62-50-38-26-14-2)100(91-79-67-55-43-31-19-7,92-80-68-56-44-32-20-8)103-106(104-101(93-81-69-57-45-33-21-9,94-82-70-58-46-34-22-10)98(87-75-63-51-39-27-15-3)88-76-64-52-40-28-16-4)105-102(95-83-71-59-47-35-23-11,96-84-72-60-48-36-24-12)99(89-77-65-53-41-29-17-5)90-78-66-54-42-30-18-6/h97-99H,13-96H2,1-12H3. The van der Waals surface area contributed by atoms with Crippen LogP contribution in [0.4, 0.5) is 0 Å². The Bertz CT molecular complexity index is 1350. The van der Waals surface area contributed by atoms with Crippen molar-refractivity contribution in [2.45, 2.75) is 639 Å². The summed E-state index contributed by atoms with van der Waals surface area (Å²) in [6, 6.07) is 0. The van der Waals surface area contributed by atoms with Crippen LogP contribution in [-0.4, -0.2) is 16.8 Å². The Morgan fingerprint density at radius 2 is 0.245 bits per heavy atom. The summed E-state index contributed by atoms with van der Waals surface area (Å²) >= 11 is 0. The molecule has 0 aliphatic carbocycles. The molecule has 0 saturated heterocycles. The Balaban J connectivity index is 10.2. The molecule has 638 valence electrons. The lowest BCUT2D eigenvalue weighted by Crippen LogP contribution is -2.46. The summed E-state index contributed by atoms with van der Waals surface area (Å²) in [5, 5.41) is 0. The van der Waals surface area contributed by atoms with Crippen molar-refractivity contribution >= 4 is 8.60 Å². The van der Waals surface area contributed by atoms with E-state index >= 15 is 0 Å². The van der Waals surface area contributed by atoms with Gasteiger partial charge in [0.1, 0.15) is 0 Å². The first-order valence-electron chi connectivity index (χ1n) is 51.1. The Kier molecular flexibility index (Phi) is 83.5. The molecule has 0 aliphatic heterocycles. The molecule has 3 nitrogen and oxygen atoms in total. The van der Waals surface area contributed by atoms with Crippen molar-refractivity contribution < 1.29 is 13.6 Å². The van der Waals surface area contributed by atoms with Gasteiger partial charge in [-0.3, -0.25) is 0 Å². The largest absolute Gasteiger partial charge is 0.334 e. The first-order valence-corrected chi connectivity index (χ1v) is 52.2. The number of hydrogen-bond acceptors (Lipinski definition) is 3.